The molecule has 0 aromatic heterocycles. The molecule has 1 aromatic carbocycles. The van der Waals surface area contributed by atoms with E-state index < -0.39 is 17.4 Å². The molecule has 0 radical (unpaired) electrons. The van der Waals surface area contributed by atoms with Gasteiger partial charge in [-0.1, -0.05) is 5.92 Å². The fourth-order valence-electron chi connectivity index (χ4n) is 0.899. The van der Waals surface area contributed by atoms with Gasteiger partial charge in [-0.25, -0.2) is 8.78 Å². The summed E-state index contributed by atoms with van der Waals surface area (Å²) in [6.07, 6.45) is 5.20. The molecule has 0 unspecified atom stereocenters. The first-order valence-electron chi connectivity index (χ1n) is 3.69. The molecule has 0 atom stereocenters. The van der Waals surface area contributed by atoms with E-state index in [0.29, 0.717) is 6.29 Å². The maximum Gasteiger partial charge on any atom is 0.192 e. The normalized spacial score (nSPS) is 9.21. The van der Waals surface area contributed by atoms with E-state index in [1.807, 2.05) is 0 Å². The molecule has 0 aliphatic carbocycles. The number of rotatable bonds is 3. The van der Waals surface area contributed by atoms with Crippen LogP contribution in [0, 0.1) is 24.0 Å². The molecule has 1 aromatic rings. The van der Waals surface area contributed by atoms with Crippen LogP contribution in [0.4, 0.5) is 8.78 Å². The Morgan fingerprint density at radius 2 is 2.00 bits per heavy atom. The van der Waals surface area contributed by atoms with E-state index in [0.717, 1.165) is 12.1 Å². The van der Waals surface area contributed by atoms with Crippen molar-refractivity contribution >= 4 is 6.29 Å². The van der Waals surface area contributed by atoms with Gasteiger partial charge in [0.05, 0.1) is 0 Å². The Morgan fingerprint density at radius 3 is 2.43 bits per heavy atom. The summed E-state index contributed by atoms with van der Waals surface area (Å²) in [4.78, 5) is 10.2. The van der Waals surface area contributed by atoms with Gasteiger partial charge in [0.15, 0.2) is 17.4 Å². The van der Waals surface area contributed by atoms with Crippen molar-refractivity contribution < 1.29 is 18.3 Å². The predicted molar refractivity (Wildman–Crippen MR) is 46.1 cm³/mol. The lowest BCUT2D eigenvalue weighted by Crippen LogP contribution is -2.00. The first-order valence-corrected chi connectivity index (χ1v) is 3.69. The lowest BCUT2D eigenvalue weighted by atomic mass is 10.2. The molecular formula is C10H6F2O2. The zero-order chi connectivity index (χ0) is 10.6. The van der Waals surface area contributed by atoms with Gasteiger partial charge in [-0.2, -0.15) is 0 Å². The molecule has 2 nitrogen and oxygen atoms in total. The van der Waals surface area contributed by atoms with Crippen molar-refractivity contribution in [3.63, 3.8) is 0 Å². The van der Waals surface area contributed by atoms with Crippen molar-refractivity contribution in [1.29, 1.82) is 0 Å². The summed E-state index contributed by atoms with van der Waals surface area (Å²) >= 11 is 0. The third-order valence-electron chi connectivity index (χ3n) is 1.46. The Balaban J connectivity index is 3.06. The van der Waals surface area contributed by atoms with Crippen LogP contribution in [-0.4, -0.2) is 12.9 Å². The predicted octanol–water partition coefficient (Wildman–Crippen LogP) is 1.79. The minimum absolute atomic E-state index is 0.0898. The minimum atomic E-state index is -0.942. The van der Waals surface area contributed by atoms with Crippen LogP contribution in [0.1, 0.15) is 10.4 Å². The Hall–Kier alpha value is -1.89. The van der Waals surface area contributed by atoms with Gasteiger partial charge in [-0.15, -0.1) is 6.42 Å². The maximum absolute atomic E-state index is 13.0. The van der Waals surface area contributed by atoms with Gasteiger partial charge in [0, 0.05) is 5.56 Å². The molecule has 0 aliphatic rings. The summed E-state index contributed by atoms with van der Waals surface area (Å²) < 4.78 is 30.7. The second kappa shape index (κ2) is 4.38. The second-order valence-electron chi connectivity index (χ2n) is 2.42. The Kier molecular flexibility index (Phi) is 3.19. The first kappa shape index (κ1) is 10.2. The summed E-state index contributed by atoms with van der Waals surface area (Å²) in [5.41, 5.74) is -0.0898. The number of hydrogen-bond acceptors (Lipinski definition) is 2. The quantitative estimate of drug-likeness (QED) is 0.544. The van der Waals surface area contributed by atoms with Crippen molar-refractivity contribution in [3.05, 3.63) is 29.3 Å². The van der Waals surface area contributed by atoms with Crippen LogP contribution in [0.3, 0.4) is 0 Å². The Morgan fingerprint density at radius 1 is 1.43 bits per heavy atom. The molecule has 0 aliphatic heterocycles. The van der Waals surface area contributed by atoms with Crippen molar-refractivity contribution in [1.82, 2.24) is 0 Å². The highest BCUT2D eigenvalue weighted by Crippen LogP contribution is 2.22. The number of ether oxygens (including phenoxy) is 1. The summed E-state index contributed by atoms with van der Waals surface area (Å²) in [5, 5.41) is 0. The SMILES string of the molecule is C#CCOc1c(F)cc(C=O)cc1F. The van der Waals surface area contributed by atoms with Crippen LogP contribution in [0.15, 0.2) is 12.1 Å². The third kappa shape index (κ3) is 2.07. The molecule has 1 rings (SSSR count). The molecule has 0 amide bonds. The van der Waals surface area contributed by atoms with Gasteiger partial charge in [0.2, 0.25) is 0 Å². The molecular weight excluding hydrogens is 190 g/mol. The highest BCUT2D eigenvalue weighted by Gasteiger charge is 2.11. The van der Waals surface area contributed by atoms with E-state index in [1.54, 1.807) is 0 Å². The lowest BCUT2D eigenvalue weighted by molar-refractivity contribution is 0.112. The van der Waals surface area contributed by atoms with Gasteiger partial charge in [-0.05, 0) is 12.1 Å². The number of carbonyl (C=O) groups is 1. The maximum atomic E-state index is 13.0. The molecule has 0 heterocycles. The number of terminal acetylenes is 1. The number of benzene rings is 1. The van der Waals surface area contributed by atoms with E-state index in [1.165, 1.54) is 0 Å². The minimum Gasteiger partial charge on any atom is -0.475 e. The Labute approximate surface area is 79.5 Å². The highest BCUT2D eigenvalue weighted by molar-refractivity contribution is 5.75. The van der Waals surface area contributed by atoms with Crippen LogP contribution in [0.25, 0.3) is 0 Å². The molecule has 0 N–H and O–H groups in total. The van der Waals surface area contributed by atoms with Gasteiger partial charge in [0.25, 0.3) is 0 Å². The van der Waals surface area contributed by atoms with Crippen LogP contribution in [-0.2, 0) is 0 Å². The summed E-state index contributed by atoms with van der Waals surface area (Å²) in [5.74, 6) is -0.372. The zero-order valence-electron chi connectivity index (χ0n) is 7.09. The molecule has 0 saturated carbocycles. The zero-order valence-corrected chi connectivity index (χ0v) is 7.09. The lowest BCUT2D eigenvalue weighted by Gasteiger charge is -2.05. The van der Waals surface area contributed by atoms with Crippen molar-refractivity contribution in [3.8, 4) is 18.1 Å². The average molecular weight is 196 g/mol. The summed E-state index contributed by atoms with van der Waals surface area (Å²) in [6, 6.07) is 1.75. The van der Waals surface area contributed by atoms with Crippen molar-refractivity contribution in [2.75, 3.05) is 6.61 Å². The van der Waals surface area contributed by atoms with Gasteiger partial charge < -0.3 is 4.74 Å². The number of aldehydes is 1. The standard InChI is InChI=1S/C10H6F2O2/c1-2-3-14-10-8(11)4-7(6-13)5-9(10)12/h1,4-6H,3H2. The summed E-state index contributed by atoms with van der Waals surface area (Å²) in [7, 11) is 0. The van der Waals surface area contributed by atoms with Crippen LogP contribution in [0.2, 0.25) is 0 Å². The molecule has 14 heavy (non-hydrogen) atoms. The van der Waals surface area contributed by atoms with Crippen molar-refractivity contribution in [2.24, 2.45) is 0 Å². The van der Waals surface area contributed by atoms with E-state index in [9.17, 15) is 13.6 Å². The van der Waals surface area contributed by atoms with Crippen LogP contribution < -0.4 is 4.74 Å². The number of hydrogen-bond donors (Lipinski definition) is 0. The Bertz CT molecular complexity index is 371. The van der Waals surface area contributed by atoms with Crippen LogP contribution >= 0.6 is 0 Å². The fourth-order valence-corrected chi connectivity index (χ4v) is 0.899. The van der Waals surface area contributed by atoms with Crippen molar-refractivity contribution in [2.45, 2.75) is 0 Å². The molecule has 72 valence electrons. The van der Waals surface area contributed by atoms with Gasteiger partial charge in [0.1, 0.15) is 12.9 Å². The summed E-state index contributed by atoms with van der Waals surface area (Å²) in [6.45, 7) is -0.228. The number of halogens is 2. The average Bonchev–Trinajstić information content (AvgIpc) is 2.16. The van der Waals surface area contributed by atoms with Gasteiger partial charge >= 0.3 is 0 Å². The molecule has 0 spiro atoms. The van der Waals surface area contributed by atoms with E-state index in [4.69, 9.17) is 6.42 Å². The topological polar surface area (TPSA) is 26.3 Å². The smallest absolute Gasteiger partial charge is 0.192 e. The largest absolute Gasteiger partial charge is 0.475 e. The van der Waals surface area contributed by atoms with E-state index >= 15 is 0 Å². The monoisotopic (exact) mass is 196 g/mol. The second-order valence-corrected chi connectivity index (χ2v) is 2.42. The highest BCUT2D eigenvalue weighted by atomic mass is 19.1. The van der Waals surface area contributed by atoms with E-state index in [-0.39, 0.29) is 12.2 Å². The first-order chi connectivity index (χ1) is 6.69. The van der Waals surface area contributed by atoms with E-state index in [2.05, 4.69) is 10.7 Å². The molecule has 0 saturated heterocycles. The van der Waals surface area contributed by atoms with Crippen LogP contribution in [0.5, 0.6) is 5.75 Å². The third-order valence-corrected chi connectivity index (χ3v) is 1.46. The molecule has 0 bridgehead atoms. The number of carbonyl (C=O) groups excluding carboxylic acids is 1. The fraction of sp³-hybridized carbons (Fsp3) is 0.100. The molecule has 0 fully saturated rings. The van der Waals surface area contributed by atoms with Gasteiger partial charge in [-0.3, -0.25) is 4.79 Å². The molecule has 4 heteroatoms.